The zero-order valence-corrected chi connectivity index (χ0v) is 14.1. The minimum atomic E-state index is -0.336. The van der Waals surface area contributed by atoms with Gasteiger partial charge in [-0.25, -0.2) is 9.78 Å². The number of rotatable bonds is 2. The Bertz CT molecular complexity index is 783. The van der Waals surface area contributed by atoms with Crippen molar-refractivity contribution < 1.29 is 9.53 Å². The van der Waals surface area contributed by atoms with Gasteiger partial charge in [-0.15, -0.1) is 0 Å². The van der Waals surface area contributed by atoms with E-state index in [1.807, 2.05) is 13.8 Å². The van der Waals surface area contributed by atoms with Crippen LogP contribution >= 0.6 is 0 Å². The summed E-state index contributed by atoms with van der Waals surface area (Å²) in [5.41, 5.74) is 8.35. The second-order valence-electron chi connectivity index (χ2n) is 6.04. The van der Waals surface area contributed by atoms with Crippen molar-refractivity contribution in [3.05, 3.63) is 34.3 Å². The van der Waals surface area contributed by atoms with E-state index in [4.69, 9.17) is 4.74 Å². The molecule has 0 aliphatic carbocycles. The highest BCUT2D eigenvalue weighted by atomic mass is 16.5. The fourth-order valence-electron chi connectivity index (χ4n) is 3.53. The summed E-state index contributed by atoms with van der Waals surface area (Å²) in [5, 5.41) is 0. The molecule has 0 saturated carbocycles. The van der Waals surface area contributed by atoms with Crippen molar-refractivity contribution in [3.8, 4) is 11.3 Å². The van der Waals surface area contributed by atoms with Crippen LogP contribution in [0.15, 0.2) is 11.6 Å². The van der Waals surface area contributed by atoms with E-state index in [2.05, 4.69) is 43.3 Å². The maximum Gasteiger partial charge on any atom is 0.357 e. The highest BCUT2D eigenvalue weighted by Gasteiger charge is 2.30. The van der Waals surface area contributed by atoms with Gasteiger partial charge in [0.2, 0.25) is 0 Å². The largest absolute Gasteiger partial charge is 0.461 e. The third-order valence-corrected chi connectivity index (χ3v) is 4.93. The molecule has 3 aliphatic heterocycles. The third-order valence-electron chi connectivity index (χ3n) is 4.93. The molecule has 0 unspecified atom stereocenters. The first-order chi connectivity index (χ1) is 10.4. The lowest BCUT2D eigenvalue weighted by Gasteiger charge is -2.20. The molecule has 4 heteroatoms. The van der Waals surface area contributed by atoms with E-state index in [0.717, 1.165) is 22.5 Å². The van der Waals surface area contributed by atoms with Gasteiger partial charge in [0.1, 0.15) is 0 Å². The molecule has 3 heterocycles. The number of esters is 1. The summed E-state index contributed by atoms with van der Waals surface area (Å²) in [6.45, 7) is 12.8. The molecule has 4 nitrogen and oxygen atoms in total. The van der Waals surface area contributed by atoms with Gasteiger partial charge < -0.3 is 9.30 Å². The summed E-state index contributed by atoms with van der Waals surface area (Å²) in [7, 11) is 0. The van der Waals surface area contributed by atoms with Crippen molar-refractivity contribution in [3.63, 3.8) is 0 Å². The SMILES string of the molecule is CCOC(=O)c1nc2cc3n(c(C)c-2c1C)[C@@H](C)C(C)=C3C. The lowest BCUT2D eigenvalue weighted by molar-refractivity contribution is 0.0519. The average Bonchev–Trinajstić information content (AvgIpc) is 2.91. The molecule has 0 radical (unpaired) electrons. The Hall–Kier alpha value is -2.10. The quantitative estimate of drug-likeness (QED) is 0.782. The predicted molar refractivity (Wildman–Crippen MR) is 87.3 cm³/mol. The second-order valence-corrected chi connectivity index (χ2v) is 6.04. The number of fused-ring (bicyclic) bond motifs is 2. The molecule has 0 aromatic rings. The van der Waals surface area contributed by atoms with Gasteiger partial charge in [0.25, 0.3) is 0 Å². The Balaban J connectivity index is 2.27. The molecule has 0 bridgehead atoms. The van der Waals surface area contributed by atoms with Gasteiger partial charge in [-0.2, -0.15) is 0 Å². The van der Waals surface area contributed by atoms with E-state index < -0.39 is 0 Å². The van der Waals surface area contributed by atoms with Crippen molar-refractivity contribution in [2.24, 2.45) is 0 Å². The number of allylic oxidation sites excluding steroid dienone is 2. The van der Waals surface area contributed by atoms with Crippen molar-refractivity contribution in [2.75, 3.05) is 6.61 Å². The molecule has 0 N–H and O–H groups in total. The molecule has 0 spiro atoms. The van der Waals surface area contributed by atoms with Gasteiger partial charge in [-0.1, -0.05) is 0 Å². The highest BCUT2D eigenvalue weighted by molar-refractivity contribution is 5.94. The van der Waals surface area contributed by atoms with E-state index in [-0.39, 0.29) is 5.97 Å². The minimum Gasteiger partial charge on any atom is -0.461 e. The van der Waals surface area contributed by atoms with Gasteiger partial charge in [0.05, 0.1) is 18.3 Å². The fourth-order valence-corrected chi connectivity index (χ4v) is 3.53. The molecular weight excluding hydrogens is 276 g/mol. The lowest BCUT2D eigenvalue weighted by Crippen LogP contribution is -2.10. The van der Waals surface area contributed by atoms with Crippen LogP contribution in [0.25, 0.3) is 16.8 Å². The van der Waals surface area contributed by atoms with Crippen LogP contribution in [-0.4, -0.2) is 22.1 Å². The number of aromatic nitrogens is 2. The number of hydrogen-bond donors (Lipinski definition) is 0. The molecule has 1 atom stereocenters. The second kappa shape index (κ2) is 4.97. The van der Waals surface area contributed by atoms with Crippen LogP contribution in [0, 0.1) is 13.8 Å². The molecule has 3 aliphatic rings. The Morgan fingerprint density at radius 2 is 2.00 bits per heavy atom. The summed E-state index contributed by atoms with van der Waals surface area (Å²) in [6, 6.07) is 2.44. The van der Waals surface area contributed by atoms with Crippen LogP contribution in [0.5, 0.6) is 0 Å². The molecule has 0 fully saturated rings. The number of carbonyl (C=O) groups is 1. The molecule has 0 aromatic heterocycles. The van der Waals surface area contributed by atoms with Gasteiger partial charge in [-0.05, 0) is 64.3 Å². The average molecular weight is 298 g/mol. The molecule has 0 amide bonds. The van der Waals surface area contributed by atoms with Crippen LogP contribution in [0.3, 0.4) is 0 Å². The number of pyridine rings is 1. The van der Waals surface area contributed by atoms with E-state index in [9.17, 15) is 4.79 Å². The summed E-state index contributed by atoms with van der Waals surface area (Å²) < 4.78 is 7.46. The normalized spacial score (nSPS) is 17.3. The Kier molecular flexibility index (Phi) is 3.35. The summed E-state index contributed by atoms with van der Waals surface area (Å²) in [6.07, 6.45) is 0. The van der Waals surface area contributed by atoms with E-state index in [1.54, 1.807) is 0 Å². The summed E-state index contributed by atoms with van der Waals surface area (Å²) in [5.74, 6) is -0.336. The van der Waals surface area contributed by atoms with E-state index in [0.29, 0.717) is 18.3 Å². The maximum absolute atomic E-state index is 12.1. The predicted octanol–water partition coefficient (Wildman–Crippen LogP) is 4.15. The molecule has 116 valence electrons. The topological polar surface area (TPSA) is 44.1 Å². The summed E-state index contributed by atoms with van der Waals surface area (Å²) in [4.78, 5) is 16.6. The fraction of sp³-hybridized carbons (Fsp3) is 0.444. The summed E-state index contributed by atoms with van der Waals surface area (Å²) >= 11 is 0. The number of ether oxygens (including phenoxy) is 1. The van der Waals surface area contributed by atoms with Crippen LogP contribution in [0.4, 0.5) is 0 Å². The van der Waals surface area contributed by atoms with Gasteiger partial charge in [0.15, 0.2) is 5.69 Å². The van der Waals surface area contributed by atoms with Crippen LogP contribution < -0.4 is 0 Å². The van der Waals surface area contributed by atoms with Gasteiger partial charge >= 0.3 is 5.97 Å². The maximum atomic E-state index is 12.1. The Morgan fingerprint density at radius 1 is 1.32 bits per heavy atom. The number of nitrogens with zero attached hydrogens (tertiary/aromatic N) is 2. The van der Waals surface area contributed by atoms with Crippen molar-refractivity contribution in [1.29, 1.82) is 0 Å². The minimum absolute atomic E-state index is 0.336. The number of hydrogen-bond acceptors (Lipinski definition) is 3. The first-order valence-electron chi connectivity index (χ1n) is 7.75. The molecule has 0 aromatic carbocycles. The van der Waals surface area contributed by atoms with Crippen molar-refractivity contribution in [1.82, 2.24) is 9.55 Å². The zero-order valence-electron chi connectivity index (χ0n) is 14.1. The van der Waals surface area contributed by atoms with Gasteiger partial charge in [0, 0.05) is 17.0 Å². The zero-order chi connectivity index (χ0) is 16.2. The number of carbonyl (C=O) groups excluding carboxylic acids is 1. The van der Waals surface area contributed by atoms with Crippen molar-refractivity contribution in [2.45, 2.75) is 47.6 Å². The molecular formula is C18H22N2O2. The monoisotopic (exact) mass is 298 g/mol. The van der Waals surface area contributed by atoms with E-state index >= 15 is 0 Å². The highest BCUT2D eigenvalue weighted by Crippen LogP contribution is 2.42. The molecule has 0 saturated heterocycles. The van der Waals surface area contributed by atoms with Crippen LogP contribution in [-0.2, 0) is 4.74 Å². The standard InChI is InChI=1S/C18H22N2O2/c1-7-22-18(21)17-11(4)16-13(6)20-12(5)9(2)10(3)15(20)8-14(16)19-17/h8,12H,7H2,1-6H3/t12-/m0/s1. The lowest BCUT2D eigenvalue weighted by atomic mass is 10.0. The van der Waals surface area contributed by atoms with Crippen LogP contribution in [0.1, 0.15) is 61.2 Å². The third kappa shape index (κ3) is 1.83. The Morgan fingerprint density at radius 3 is 2.64 bits per heavy atom. The van der Waals surface area contributed by atoms with Crippen molar-refractivity contribution >= 4 is 11.5 Å². The first-order valence-corrected chi connectivity index (χ1v) is 7.75. The Labute approximate surface area is 131 Å². The van der Waals surface area contributed by atoms with Crippen LogP contribution in [0.2, 0.25) is 0 Å². The smallest absolute Gasteiger partial charge is 0.357 e. The van der Waals surface area contributed by atoms with Gasteiger partial charge in [-0.3, -0.25) is 0 Å². The molecule has 3 rings (SSSR count). The first kappa shape index (κ1) is 14.8. The van der Waals surface area contributed by atoms with E-state index in [1.165, 1.54) is 16.8 Å². The molecule has 22 heavy (non-hydrogen) atoms.